The van der Waals surface area contributed by atoms with E-state index in [1.54, 1.807) is 42.5 Å². The van der Waals surface area contributed by atoms with Crippen molar-refractivity contribution in [3.63, 3.8) is 0 Å². The largest absolute Gasteiger partial charge is 0.508 e. The number of aromatic nitrogens is 1. The monoisotopic (exact) mass is 793 g/mol. The average Bonchev–Trinajstić information content (AvgIpc) is 3.53. The van der Waals surface area contributed by atoms with E-state index in [0.29, 0.717) is 27.8 Å². The minimum atomic E-state index is -4.83. The number of hydrogen-bond acceptors (Lipinski definition) is 8. The molecule has 282 valence electrons. The van der Waals surface area contributed by atoms with Crippen LogP contribution in [0.2, 0.25) is 10.0 Å². The molecule has 2 aliphatic heterocycles. The Bertz CT molecular complexity index is 2290. The third-order valence-corrected chi connectivity index (χ3v) is 11.7. The van der Waals surface area contributed by atoms with E-state index in [9.17, 15) is 37.1 Å². The maximum atomic E-state index is 15.1. The summed E-state index contributed by atoms with van der Waals surface area (Å²) in [5.74, 6) is -8.64. The number of nitrogens with one attached hydrogen (secondary N) is 1. The maximum Gasteiger partial charge on any atom is 0.433 e. The molecule has 16 heteroatoms. The Hall–Kier alpha value is -5.47. The van der Waals surface area contributed by atoms with E-state index < -0.39 is 82.1 Å². The number of anilines is 2. The number of phenols is 1. The van der Waals surface area contributed by atoms with E-state index in [1.165, 1.54) is 43.4 Å². The zero-order valence-corrected chi connectivity index (χ0v) is 30.1. The maximum absolute atomic E-state index is 15.1. The first-order valence-electron chi connectivity index (χ1n) is 17.1. The van der Waals surface area contributed by atoms with Gasteiger partial charge < -0.3 is 5.11 Å². The summed E-state index contributed by atoms with van der Waals surface area (Å²) in [6.45, 7) is 0. The van der Waals surface area contributed by atoms with E-state index >= 15 is 4.79 Å². The lowest BCUT2D eigenvalue weighted by atomic mass is 9.49. The van der Waals surface area contributed by atoms with Gasteiger partial charge in [-0.15, -0.1) is 0 Å². The van der Waals surface area contributed by atoms with Crippen molar-refractivity contribution in [1.29, 1.82) is 0 Å². The van der Waals surface area contributed by atoms with Crippen LogP contribution >= 0.6 is 23.2 Å². The van der Waals surface area contributed by atoms with Gasteiger partial charge in [0.2, 0.25) is 0 Å². The smallest absolute Gasteiger partial charge is 0.433 e. The molecule has 4 aromatic rings. The molecule has 10 nitrogen and oxygen atoms in total. The Balaban J connectivity index is 1.27. The fourth-order valence-electron chi connectivity index (χ4n) is 8.89. The number of benzene rings is 3. The molecule has 3 fully saturated rings. The fourth-order valence-corrected chi connectivity index (χ4v) is 9.24. The predicted octanol–water partition coefficient (Wildman–Crippen LogP) is 7.29. The number of phenolic OH excluding ortho intramolecular Hbond substituents is 1. The molecule has 3 aromatic carbocycles. The molecule has 0 bridgehead atoms. The summed E-state index contributed by atoms with van der Waals surface area (Å²) >= 11 is 12.6. The number of hydrogen-bond donors (Lipinski definition) is 2. The number of imide groups is 2. The lowest BCUT2D eigenvalue weighted by Gasteiger charge is -2.50. The Morgan fingerprint density at radius 3 is 2.20 bits per heavy atom. The molecule has 0 spiro atoms. The molecule has 1 aromatic heterocycles. The second kappa shape index (κ2) is 13.1. The summed E-state index contributed by atoms with van der Waals surface area (Å²) in [4.78, 5) is 62.1. The number of fused-ring (bicyclic) bond motifs is 4. The molecule has 2 aliphatic carbocycles. The first kappa shape index (κ1) is 36.5. The molecule has 55 heavy (non-hydrogen) atoms. The Morgan fingerprint density at radius 1 is 0.873 bits per heavy atom. The number of nitrogens with zero attached hydrogens (tertiary/aromatic N) is 4. The van der Waals surface area contributed by atoms with Crippen molar-refractivity contribution in [3.05, 3.63) is 129 Å². The van der Waals surface area contributed by atoms with E-state index in [1.807, 2.05) is 0 Å². The van der Waals surface area contributed by atoms with Crippen molar-refractivity contribution in [2.45, 2.75) is 30.4 Å². The molecule has 4 aliphatic rings. The summed E-state index contributed by atoms with van der Waals surface area (Å²) in [5.41, 5.74) is 1.78. The standard InChI is InChI=1S/C39H29Cl2F4N5O5/c1-48(33-29(41)16-17-30(46-33)39(43,44)45)50-34(52)26-15-14-25-27(31(26)36(50)54)18-28-35(53)49(47-23-10-8-22(42)9-11-23)37(55)38(28,20-4-6-21(40)7-5-20)32(25)19-2-12-24(51)13-3-19/h2-14,16-17,26-28,31-32,47,51H,15,18H2,1H3. The Kier molecular flexibility index (Phi) is 8.69. The van der Waals surface area contributed by atoms with Gasteiger partial charge in [-0.25, -0.2) is 9.37 Å². The van der Waals surface area contributed by atoms with Gasteiger partial charge in [0.15, 0.2) is 5.82 Å². The number of carbonyl (C=O) groups excluding carboxylic acids is 4. The minimum absolute atomic E-state index is 0.0325. The van der Waals surface area contributed by atoms with Gasteiger partial charge in [0.25, 0.3) is 23.6 Å². The summed E-state index contributed by atoms with van der Waals surface area (Å²) in [5, 5.41) is 13.0. The van der Waals surface area contributed by atoms with E-state index in [-0.39, 0.29) is 29.3 Å². The third-order valence-electron chi connectivity index (χ3n) is 11.2. The number of pyridine rings is 1. The predicted molar refractivity (Wildman–Crippen MR) is 192 cm³/mol. The highest BCUT2D eigenvalue weighted by Gasteiger charge is 2.70. The molecule has 4 amide bonds. The molecule has 2 N–H and O–H groups in total. The Morgan fingerprint density at radius 2 is 1.55 bits per heavy atom. The van der Waals surface area contributed by atoms with E-state index in [0.717, 1.165) is 21.1 Å². The fraction of sp³-hybridized carbons (Fsp3) is 0.256. The van der Waals surface area contributed by atoms with Crippen molar-refractivity contribution in [2.75, 3.05) is 17.5 Å². The van der Waals surface area contributed by atoms with Gasteiger partial charge in [-0.1, -0.05) is 59.1 Å². The van der Waals surface area contributed by atoms with Gasteiger partial charge >= 0.3 is 6.18 Å². The number of amides is 4. The zero-order chi connectivity index (χ0) is 39.1. The third kappa shape index (κ3) is 5.64. The van der Waals surface area contributed by atoms with Crippen molar-refractivity contribution < 1.29 is 41.8 Å². The van der Waals surface area contributed by atoms with E-state index in [4.69, 9.17) is 23.2 Å². The zero-order valence-electron chi connectivity index (χ0n) is 28.6. The molecule has 6 unspecified atom stereocenters. The molecular weight excluding hydrogens is 765 g/mol. The summed E-state index contributed by atoms with van der Waals surface area (Å²) in [6.07, 6.45) is -3.08. The second-order valence-corrected chi connectivity index (χ2v) is 14.8. The SMILES string of the molecule is CN(c1nc(C(F)(F)F)ccc1Cl)N1C(=O)C2CC=C3C(CC4C(=O)N(Nc5ccc(F)cc5)C(=O)C4(c4ccc(Cl)cc4)C3c3ccc(O)cc3)C2C1=O. The summed E-state index contributed by atoms with van der Waals surface area (Å²) in [6, 6.07) is 19.4. The Labute approximate surface area is 320 Å². The van der Waals surface area contributed by atoms with Crippen LogP contribution in [0.3, 0.4) is 0 Å². The molecule has 1 saturated carbocycles. The number of hydrazine groups is 2. The molecule has 6 atom stereocenters. The number of carbonyl (C=O) groups is 4. The van der Waals surface area contributed by atoms with Gasteiger partial charge in [-0.3, -0.25) is 29.6 Å². The van der Waals surface area contributed by atoms with Crippen LogP contribution in [-0.4, -0.2) is 50.8 Å². The minimum Gasteiger partial charge on any atom is -0.508 e. The van der Waals surface area contributed by atoms with Crippen molar-refractivity contribution in [2.24, 2.45) is 23.7 Å². The molecule has 3 heterocycles. The van der Waals surface area contributed by atoms with Crippen LogP contribution in [0.15, 0.2) is 96.6 Å². The highest BCUT2D eigenvalue weighted by Crippen LogP contribution is 2.64. The van der Waals surface area contributed by atoms with Crippen molar-refractivity contribution >= 4 is 58.3 Å². The topological polar surface area (TPSA) is 123 Å². The molecule has 0 radical (unpaired) electrons. The molecule has 8 rings (SSSR count). The van der Waals surface area contributed by atoms with Crippen molar-refractivity contribution in [1.82, 2.24) is 15.0 Å². The number of alkyl halides is 3. The molecule has 2 saturated heterocycles. The van der Waals surface area contributed by atoms with Crippen molar-refractivity contribution in [3.8, 4) is 5.75 Å². The quantitative estimate of drug-likeness (QED) is 0.119. The first-order chi connectivity index (χ1) is 26.1. The van der Waals surface area contributed by atoms with Gasteiger partial charge in [-0.05, 0) is 90.6 Å². The van der Waals surface area contributed by atoms with Crippen LogP contribution in [0.25, 0.3) is 0 Å². The lowest BCUT2D eigenvalue weighted by Crippen LogP contribution is -2.53. The van der Waals surface area contributed by atoms with Crippen LogP contribution < -0.4 is 10.4 Å². The van der Waals surface area contributed by atoms with Crippen LogP contribution in [0.5, 0.6) is 5.75 Å². The number of rotatable bonds is 6. The number of allylic oxidation sites excluding steroid dienone is 2. The van der Waals surface area contributed by atoms with Gasteiger partial charge in [0, 0.05) is 18.0 Å². The van der Waals surface area contributed by atoms with Gasteiger partial charge in [-0.2, -0.15) is 23.2 Å². The highest BCUT2D eigenvalue weighted by atomic mass is 35.5. The lowest BCUT2D eigenvalue weighted by molar-refractivity contribution is -0.142. The normalized spacial score (nSPS) is 26.1. The van der Waals surface area contributed by atoms with Crippen LogP contribution in [0.4, 0.5) is 29.1 Å². The van der Waals surface area contributed by atoms with Crippen LogP contribution in [0, 0.1) is 29.5 Å². The van der Waals surface area contributed by atoms with Crippen LogP contribution in [0.1, 0.15) is 35.6 Å². The average molecular weight is 795 g/mol. The summed E-state index contributed by atoms with van der Waals surface area (Å²) in [7, 11) is 1.22. The highest BCUT2D eigenvalue weighted by molar-refractivity contribution is 6.33. The van der Waals surface area contributed by atoms with Crippen LogP contribution in [-0.2, 0) is 30.8 Å². The van der Waals surface area contributed by atoms with Gasteiger partial charge in [0.05, 0.1) is 33.9 Å². The number of halogens is 6. The first-order valence-corrected chi connectivity index (χ1v) is 17.9. The van der Waals surface area contributed by atoms with E-state index in [2.05, 4.69) is 10.4 Å². The number of aromatic hydroxyl groups is 1. The van der Waals surface area contributed by atoms with Gasteiger partial charge in [0.1, 0.15) is 17.3 Å². The second-order valence-electron chi connectivity index (χ2n) is 14.0. The molecular formula is C39H29Cl2F4N5O5. The summed E-state index contributed by atoms with van der Waals surface area (Å²) < 4.78 is 54.8.